The number of primary amides is 1. The van der Waals surface area contributed by atoms with Gasteiger partial charge in [0, 0.05) is 0 Å². The van der Waals surface area contributed by atoms with Gasteiger partial charge < -0.3 is 15.8 Å². The van der Waals surface area contributed by atoms with Crippen LogP contribution in [-0.4, -0.2) is 18.4 Å². The van der Waals surface area contributed by atoms with Crippen molar-refractivity contribution in [3.8, 4) is 5.75 Å². The number of carbonyl (C=O) groups is 2. The van der Waals surface area contributed by atoms with E-state index >= 15 is 0 Å². The highest BCUT2D eigenvalue weighted by molar-refractivity contribution is 5.78. The van der Waals surface area contributed by atoms with Crippen molar-refractivity contribution in [3.05, 3.63) is 65.2 Å². The zero-order valence-corrected chi connectivity index (χ0v) is 16.8. The molecule has 162 valence electrons. The molecule has 8 heteroatoms. The van der Waals surface area contributed by atoms with Gasteiger partial charge in [-0.3, -0.25) is 9.59 Å². The van der Waals surface area contributed by atoms with Crippen molar-refractivity contribution < 1.29 is 27.5 Å². The second-order valence-corrected chi connectivity index (χ2v) is 7.45. The highest BCUT2D eigenvalue weighted by atomic mass is 19.4. The smallest absolute Gasteiger partial charge is 0.416 e. The van der Waals surface area contributed by atoms with Crippen LogP contribution in [0.15, 0.2) is 48.5 Å². The fourth-order valence-corrected chi connectivity index (χ4v) is 2.97. The van der Waals surface area contributed by atoms with E-state index in [1.165, 1.54) is 6.07 Å². The topological polar surface area (TPSA) is 81.4 Å². The number of rotatable bonds is 9. The number of benzene rings is 2. The molecule has 0 aromatic heterocycles. The lowest BCUT2D eigenvalue weighted by Crippen LogP contribution is -2.33. The van der Waals surface area contributed by atoms with E-state index in [1.54, 1.807) is 30.3 Å². The zero-order valence-electron chi connectivity index (χ0n) is 16.8. The minimum atomic E-state index is -4.45. The molecule has 2 aromatic rings. The van der Waals surface area contributed by atoms with Crippen molar-refractivity contribution in [2.24, 2.45) is 11.7 Å². The molecule has 30 heavy (non-hydrogen) atoms. The Morgan fingerprint density at radius 2 is 1.77 bits per heavy atom. The average molecular weight is 422 g/mol. The Labute approximate surface area is 173 Å². The fourth-order valence-electron chi connectivity index (χ4n) is 2.97. The van der Waals surface area contributed by atoms with Crippen LogP contribution in [0.3, 0.4) is 0 Å². The van der Waals surface area contributed by atoms with Crippen LogP contribution in [0.5, 0.6) is 5.75 Å². The van der Waals surface area contributed by atoms with Crippen molar-refractivity contribution in [3.63, 3.8) is 0 Å². The third kappa shape index (κ3) is 7.42. The van der Waals surface area contributed by atoms with Gasteiger partial charge in [-0.15, -0.1) is 0 Å². The van der Waals surface area contributed by atoms with Crippen molar-refractivity contribution in [1.29, 1.82) is 0 Å². The van der Waals surface area contributed by atoms with E-state index in [2.05, 4.69) is 5.32 Å². The van der Waals surface area contributed by atoms with Gasteiger partial charge in [-0.25, -0.2) is 0 Å². The number of halogens is 3. The summed E-state index contributed by atoms with van der Waals surface area (Å²) in [6.07, 6.45) is -3.87. The minimum absolute atomic E-state index is 0.106. The van der Waals surface area contributed by atoms with Crippen molar-refractivity contribution in [1.82, 2.24) is 5.32 Å². The van der Waals surface area contributed by atoms with Gasteiger partial charge in [0.25, 0.3) is 5.91 Å². The molecule has 2 rings (SSSR count). The molecular weight excluding hydrogens is 397 g/mol. The number of nitrogens with two attached hydrogens (primary N) is 1. The van der Waals surface area contributed by atoms with Crippen LogP contribution < -0.4 is 15.8 Å². The van der Waals surface area contributed by atoms with E-state index in [0.29, 0.717) is 17.7 Å². The lowest BCUT2D eigenvalue weighted by atomic mass is 9.95. The molecular formula is C22H25F3N2O3. The molecule has 0 saturated heterocycles. The highest BCUT2D eigenvalue weighted by Crippen LogP contribution is 2.32. The molecule has 3 N–H and O–H groups in total. The first-order chi connectivity index (χ1) is 14.0. The van der Waals surface area contributed by atoms with Crippen molar-refractivity contribution in [2.75, 3.05) is 6.61 Å². The zero-order chi connectivity index (χ0) is 22.3. The molecule has 1 atom stereocenters. The largest absolute Gasteiger partial charge is 0.484 e. The summed E-state index contributed by atoms with van der Waals surface area (Å²) < 4.78 is 44.5. The summed E-state index contributed by atoms with van der Waals surface area (Å²) in [5.41, 5.74) is 5.50. The van der Waals surface area contributed by atoms with E-state index in [-0.39, 0.29) is 18.9 Å². The molecule has 2 aromatic carbocycles. The number of alkyl halides is 3. The van der Waals surface area contributed by atoms with Gasteiger partial charge in [-0.2, -0.15) is 13.2 Å². The molecule has 0 saturated carbocycles. The number of nitrogens with one attached hydrogen (secondary N) is 1. The molecule has 0 aliphatic heterocycles. The lowest BCUT2D eigenvalue weighted by Gasteiger charge is -2.22. The second kappa shape index (κ2) is 10.1. The van der Waals surface area contributed by atoms with Crippen molar-refractivity contribution >= 4 is 11.8 Å². The maximum Gasteiger partial charge on any atom is 0.416 e. The fraction of sp³-hybridized carbons (Fsp3) is 0.364. The van der Waals surface area contributed by atoms with E-state index in [1.807, 2.05) is 13.8 Å². The monoisotopic (exact) mass is 422 g/mol. The second-order valence-electron chi connectivity index (χ2n) is 7.45. The molecule has 1 unspecified atom stereocenters. The molecule has 0 aliphatic rings. The summed E-state index contributed by atoms with van der Waals surface area (Å²) in [5.74, 6) is -0.311. The van der Waals surface area contributed by atoms with Crippen LogP contribution in [0.1, 0.15) is 43.0 Å². The maximum atomic E-state index is 13.0. The van der Waals surface area contributed by atoms with Crippen LogP contribution in [0.2, 0.25) is 0 Å². The number of ether oxygens (including phenoxy) is 1. The molecule has 0 fully saturated rings. The molecule has 0 bridgehead atoms. The summed E-state index contributed by atoms with van der Waals surface area (Å²) in [5, 5.41) is 2.76. The highest BCUT2D eigenvalue weighted by Gasteiger charge is 2.31. The molecule has 0 radical (unpaired) electrons. The van der Waals surface area contributed by atoms with Gasteiger partial charge in [-0.1, -0.05) is 38.1 Å². The Kier molecular flexibility index (Phi) is 7.86. The third-order valence-corrected chi connectivity index (χ3v) is 4.33. The van der Waals surface area contributed by atoms with Crippen LogP contribution in [0, 0.1) is 5.92 Å². The SMILES string of the molecule is CC(C)CC(NC(=O)COc1ccc(CC(N)=O)cc1)c1cccc(C(F)(F)F)c1. The van der Waals surface area contributed by atoms with Crippen molar-refractivity contribution in [2.45, 2.75) is 38.9 Å². The maximum absolute atomic E-state index is 13.0. The molecule has 5 nitrogen and oxygen atoms in total. The predicted molar refractivity (Wildman–Crippen MR) is 107 cm³/mol. The van der Waals surface area contributed by atoms with Crippen LogP contribution in [0.4, 0.5) is 13.2 Å². The normalized spacial score (nSPS) is 12.5. The number of carbonyl (C=O) groups excluding carboxylic acids is 2. The summed E-state index contributed by atoms with van der Waals surface area (Å²) in [7, 11) is 0. The minimum Gasteiger partial charge on any atom is -0.484 e. The predicted octanol–water partition coefficient (Wildman–Crippen LogP) is 4.02. The summed E-state index contributed by atoms with van der Waals surface area (Å²) in [4.78, 5) is 23.3. The van der Waals surface area contributed by atoms with E-state index in [9.17, 15) is 22.8 Å². The van der Waals surface area contributed by atoms with Crippen LogP contribution in [-0.2, 0) is 22.2 Å². The summed E-state index contributed by atoms with van der Waals surface area (Å²) in [6.45, 7) is 3.57. The molecule has 0 spiro atoms. The van der Waals surface area contributed by atoms with Gasteiger partial charge in [-0.05, 0) is 47.7 Å². The van der Waals surface area contributed by atoms with E-state index in [4.69, 9.17) is 10.5 Å². The van der Waals surface area contributed by atoms with Gasteiger partial charge in [0.1, 0.15) is 5.75 Å². The van der Waals surface area contributed by atoms with Gasteiger partial charge >= 0.3 is 6.18 Å². The number of hydrogen-bond donors (Lipinski definition) is 2. The lowest BCUT2D eigenvalue weighted by molar-refractivity contribution is -0.137. The Balaban J connectivity index is 2.02. The Hall–Kier alpha value is -3.03. The number of hydrogen-bond acceptors (Lipinski definition) is 3. The van der Waals surface area contributed by atoms with Gasteiger partial charge in [0.2, 0.25) is 5.91 Å². The average Bonchev–Trinajstić information content (AvgIpc) is 2.65. The standard InChI is InChI=1S/C22H25F3N2O3/c1-14(2)10-19(16-4-3-5-17(12-16)22(23,24)25)27-21(29)13-30-18-8-6-15(7-9-18)11-20(26)28/h3-9,12,14,19H,10-11,13H2,1-2H3,(H2,26,28)(H,27,29). The van der Waals surface area contributed by atoms with Gasteiger partial charge in [0.15, 0.2) is 6.61 Å². The first kappa shape index (κ1) is 23.3. The Morgan fingerprint density at radius 1 is 1.10 bits per heavy atom. The molecule has 0 heterocycles. The quantitative estimate of drug-likeness (QED) is 0.641. The summed E-state index contributed by atoms with van der Waals surface area (Å²) in [6, 6.07) is 11.0. The summed E-state index contributed by atoms with van der Waals surface area (Å²) >= 11 is 0. The third-order valence-electron chi connectivity index (χ3n) is 4.33. The van der Waals surface area contributed by atoms with Crippen LogP contribution >= 0.6 is 0 Å². The number of amides is 2. The molecule has 2 amide bonds. The van der Waals surface area contributed by atoms with Gasteiger partial charge in [0.05, 0.1) is 18.0 Å². The first-order valence-electron chi connectivity index (χ1n) is 9.51. The Morgan fingerprint density at radius 3 is 2.33 bits per heavy atom. The van der Waals surface area contributed by atoms with Crippen LogP contribution in [0.25, 0.3) is 0 Å². The Bertz CT molecular complexity index is 865. The first-order valence-corrected chi connectivity index (χ1v) is 9.51. The van der Waals surface area contributed by atoms with E-state index < -0.39 is 29.6 Å². The van der Waals surface area contributed by atoms with E-state index in [0.717, 1.165) is 17.7 Å². The molecule has 0 aliphatic carbocycles.